The number of carbonyl (C=O) groups excluding carboxylic acids is 1. The Morgan fingerprint density at radius 2 is 1.75 bits per heavy atom. The highest BCUT2D eigenvalue weighted by Gasteiger charge is 2.25. The summed E-state index contributed by atoms with van der Waals surface area (Å²) >= 11 is 0. The summed E-state index contributed by atoms with van der Waals surface area (Å²) in [4.78, 5) is 28.1. The lowest BCUT2D eigenvalue weighted by molar-refractivity contribution is 0.0712. The van der Waals surface area contributed by atoms with Crippen LogP contribution in [0.5, 0.6) is 0 Å². The second-order valence-electron chi connectivity index (χ2n) is 7.05. The number of hydrogen-bond acceptors (Lipinski definition) is 5. The highest BCUT2D eigenvalue weighted by atomic mass is 16.2. The highest BCUT2D eigenvalue weighted by Crippen LogP contribution is 2.28. The molecule has 0 unspecified atom stereocenters. The zero-order valence-corrected chi connectivity index (χ0v) is 15.9. The molecule has 1 N–H and O–H groups in total. The number of nitrogens with one attached hydrogen (secondary N) is 1. The molecule has 0 atom stereocenters. The third kappa shape index (κ3) is 4.17. The molecule has 0 spiro atoms. The van der Waals surface area contributed by atoms with E-state index in [0.717, 1.165) is 48.7 Å². The van der Waals surface area contributed by atoms with Crippen molar-refractivity contribution in [3.63, 3.8) is 0 Å². The Morgan fingerprint density at radius 3 is 2.50 bits per heavy atom. The predicted octanol–water partition coefficient (Wildman–Crippen LogP) is 3.94. The number of likely N-dealkylation sites (tertiary alicyclic amines) is 1. The van der Waals surface area contributed by atoms with E-state index in [0.29, 0.717) is 11.7 Å². The van der Waals surface area contributed by atoms with Crippen LogP contribution < -0.4 is 5.32 Å². The van der Waals surface area contributed by atoms with E-state index < -0.39 is 0 Å². The number of aromatic nitrogens is 3. The Bertz CT molecular complexity index is 952. The molecular formula is C22H23N5O. The molecule has 2 aromatic heterocycles. The van der Waals surface area contributed by atoms with E-state index in [4.69, 9.17) is 4.98 Å². The van der Waals surface area contributed by atoms with Gasteiger partial charge in [0, 0.05) is 36.5 Å². The van der Waals surface area contributed by atoms with Crippen LogP contribution in [0.3, 0.4) is 0 Å². The molecule has 0 saturated carbocycles. The van der Waals surface area contributed by atoms with Crippen LogP contribution in [0.2, 0.25) is 0 Å². The molecule has 1 fully saturated rings. The predicted molar refractivity (Wildman–Crippen MR) is 109 cm³/mol. The van der Waals surface area contributed by atoms with E-state index in [1.807, 2.05) is 66.6 Å². The van der Waals surface area contributed by atoms with Crippen molar-refractivity contribution < 1.29 is 4.79 Å². The smallest absolute Gasteiger partial charge is 0.253 e. The fraction of sp³-hybridized carbons (Fsp3) is 0.273. The number of aryl methyl sites for hydroxylation is 1. The lowest BCUT2D eigenvalue weighted by Gasteiger charge is -2.31. The van der Waals surface area contributed by atoms with Gasteiger partial charge in [0.1, 0.15) is 11.6 Å². The minimum atomic E-state index is 0.103. The highest BCUT2D eigenvalue weighted by molar-refractivity contribution is 5.94. The SMILES string of the molecule is Cc1cccc(Nc2cncc(C3CCN(C(=O)c4ccccc4)CC3)n2)n1. The molecule has 1 amide bonds. The maximum atomic E-state index is 12.6. The largest absolute Gasteiger partial charge is 0.339 e. The van der Waals surface area contributed by atoms with Crippen LogP contribution in [0.15, 0.2) is 60.9 Å². The first-order chi connectivity index (χ1) is 13.7. The van der Waals surface area contributed by atoms with Crippen molar-refractivity contribution in [3.8, 4) is 0 Å². The van der Waals surface area contributed by atoms with Crippen molar-refractivity contribution in [3.05, 3.63) is 77.9 Å². The van der Waals surface area contributed by atoms with Gasteiger partial charge in [0.25, 0.3) is 5.91 Å². The van der Waals surface area contributed by atoms with Gasteiger partial charge in [-0.3, -0.25) is 9.78 Å². The lowest BCUT2D eigenvalue weighted by Crippen LogP contribution is -2.38. The summed E-state index contributed by atoms with van der Waals surface area (Å²) in [5, 5.41) is 3.22. The van der Waals surface area contributed by atoms with Crippen LogP contribution >= 0.6 is 0 Å². The molecule has 28 heavy (non-hydrogen) atoms. The van der Waals surface area contributed by atoms with Gasteiger partial charge in [-0.1, -0.05) is 24.3 Å². The Hall–Kier alpha value is -3.28. The van der Waals surface area contributed by atoms with Crippen molar-refractivity contribution in [2.75, 3.05) is 18.4 Å². The Morgan fingerprint density at radius 1 is 0.964 bits per heavy atom. The van der Waals surface area contributed by atoms with Crippen molar-refractivity contribution >= 4 is 17.5 Å². The van der Waals surface area contributed by atoms with Crippen LogP contribution in [0.1, 0.15) is 40.5 Å². The second kappa shape index (κ2) is 8.17. The third-order valence-electron chi connectivity index (χ3n) is 5.02. The number of benzene rings is 1. The first-order valence-electron chi connectivity index (χ1n) is 9.56. The molecule has 0 radical (unpaired) electrons. The van der Waals surface area contributed by atoms with Crippen LogP contribution in [0, 0.1) is 6.92 Å². The fourth-order valence-electron chi connectivity index (χ4n) is 3.52. The molecule has 0 aliphatic carbocycles. The molecule has 1 aliphatic heterocycles. The maximum absolute atomic E-state index is 12.6. The summed E-state index contributed by atoms with van der Waals surface area (Å²) in [6.07, 6.45) is 5.31. The standard InChI is InChI=1S/C22H23N5O/c1-16-6-5-9-20(24-16)26-21-15-23-14-19(25-21)17-10-12-27(13-11-17)22(28)18-7-3-2-4-8-18/h2-9,14-15,17H,10-13H2,1H3,(H,24,25,26). The van der Waals surface area contributed by atoms with Crippen LogP contribution in [-0.4, -0.2) is 38.8 Å². The Balaban J connectivity index is 1.40. The van der Waals surface area contributed by atoms with Crippen molar-refractivity contribution in [2.45, 2.75) is 25.7 Å². The van der Waals surface area contributed by atoms with Gasteiger partial charge < -0.3 is 10.2 Å². The van der Waals surface area contributed by atoms with Crippen molar-refractivity contribution in [1.29, 1.82) is 0 Å². The molecule has 1 saturated heterocycles. The lowest BCUT2D eigenvalue weighted by atomic mass is 9.93. The van der Waals surface area contributed by atoms with Gasteiger partial charge in [0.15, 0.2) is 0 Å². The van der Waals surface area contributed by atoms with Crippen LogP contribution in [-0.2, 0) is 0 Å². The van der Waals surface area contributed by atoms with E-state index in [9.17, 15) is 4.79 Å². The fourth-order valence-corrected chi connectivity index (χ4v) is 3.52. The average molecular weight is 373 g/mol. The summed E-state index contributed by atoms with van der Waals surface area (Å²) in [6, 6.07) is 15.3. The van der Waals surface area contributed by atoms with Gasteiger partial charge in [0.05, 0.1) is 11.9 Å². The van der Waals surface area contributed by atoms with Gasteiger partial charge in [-0.25, -0.2) is 9.97 Å². The zero-order valence-electron chi connectivity index (χ0n) is 15.9. The summed E-state index contributed by atoms with van der Waals surface area (Å²) < 4.78 is 0. The number of anilines is 2. The van der Waals surface area contributed by atoms with E-state index in [1.165, 1.54) is 0 Å². The second-order valence-corrected chi connectivity index (χ2v) is 7.05. The van der Waals surface area contributed by atoms with E-state index in [1.54, 1.807) is 6.20 Å². The molecule has 1 aliphatic rings. The Kier molecular flexibility index (Phi) is 5.28. The molecule has 0 bridgehead atoms. The molecule has 142 valence electrons. The van der Waals surface area contributed by atoms with Gasteiger partial charge in [-0.05, 0) is 44.0 Å². The summed E-state index contributed by atoms with van der Waals surface area (Å²) in [6.45, 7) is 3.42. The van der Waals surface area contributed by atoms with Crippen LogP contribution in [0.25, 0.3) is 0 Å². The number of nitrogens with zero attached hydrogens (tertiary/aromatic N) is 4. The normalized spacial score (nSPS) is 14.7. The third-order valence-corrected chi connectivity index (χ3v) is 5.02. The van der Waals surface area contributed by atoms with Gasteiger partial charge in [0.2, 0.25) is 0 Å². The summed E-state index contributed by atoms with van der Waals surface area (Å²) in [5.41, 5.74) is 2.66. The van der Waals surface area contributed by atoms with Crippen molar-refractivity contribution in [2.24, 2.45) is 0 Å². The minimum Gasteiger partial charge on any atom is -0.339 e. The number of rotatable bonds is 4. The van der Waals surface area contributed by atoms with Gasteiger partial charge in [-0.15, -0.1) is 0 Å². The monoisotopic (exact) mass is 373 g/mol. The quantitative estimate of drug-likeness (QED) is 0.750. The number of carbonyl (C=O) groups is 1. The zero-order chi connectivity index (χ0) is 19.3. The van der Waals surface area contributed by atoms with E-state index in [2.05, 4.69) is 15.3 Å². The average Bonchev–Trinajstić information content (AvgIpc) is 2.74. The summed E-state index contributed by atoms with van der Waals surface area (Å²) in [7, 11) is 0. The molecule has 6 nitrogen and oxygen atoms in total. The van der Waals surface area contributed by atoms with Crippen LogP contribution in [0.4, 0.5) is 11.6 Å². The molecule has 4 rings (SSSR count). The first-order valence-corrected chi connectivity index (χ1v) is 9.56. The number of hydrogen-bond donors (Lipinski definition) is 1. The molecular weight excluding hydrogens is 350 g/mol. The van der Waals surface area contributed by atoms with Gasteiger partial charge >= 0.3 is 0 Å². The molecule has 1 aromatic carbocycles. The molecule has 3 heterocycles. The molecule has 3 aromatic rings. The summed E-state index contributed by atoms with van der Waals surface area (Å²) in [5.74, 6) is 1.86. The maximum Gasteiger partial charge on any atom is 0.253 e. The Labute approximate surface area is 164 Å². The number of piperidine rings is 1. The number of amides is 1. The minimum absolute atomic E-state index is 0.103. The number of pyridine rings is 1. The van der Waals surface area contributed by atoms with Gasteiger partial charge in [-0.2, -0.15) is 0 Å². The topological polar surface area (TPSA) is 71.0 Å². The van der Waals surface area contributed by atoms with E-state index >= 15 is 0 Å². The molecule has 6 heteroatoms. The first kappa shape index (κ1) is 18.1. The van der Waals surface area contributed by atoms with E-state index in [-0.39, 0.29) is 5.91 Å². The van der Waals surface area contributed by atoms with Crippen molar-refractivity contribution in [1.82, 2.24) is 19.9 Å².